The molecule has 18 aromatic rings. The lowest BCUT2D eigenvalue weighted by molar-refractivity contribution is 0.436. The highest BCUT2D eigenvalue weighted by atomic mass is 16.5. The SMILES string of the molecule is C1=Cc2cc(-c3cc(-c4ccc(-c5ccc6c(c5)Oc5ccccc5C65c6ccccc6-c6ccccc65)cc4)nc(-c4ccccc4)n3)cc3cccc(c23)C1.CC1(C)c2ccccc2-c2ccc(-c3cc(-c4ccc(-c5ccc6c(c5)Oc5ccccc5C65c6ccccc6-c6ccccc65)cc4)nc(-c4ccccc4)n3)cc21. The van der Waals surface area contributed by atoms with Crippen molar-refractivity contribution >= 4 is 16.8 Å². The molecular weight excluding hydrogens is 1410 g/mol. The van der Waals surface area contributed by atoms with Crippen LogP contribution >= 0.6 is 0 Å². The van der Waals surface area contributed by atoms with Gasteiger partial charge in [-0.3, -0.25) is 0 Å². The van der Waals surface area contributed by atoms with Crippen LogP contribution in [0.4, 0.5) is 0 Å². The molecule has 544 valence electrons. The number of nitrogens with zero attached hydrogens (tertiary/aromatic N) is 4. The number of benzene rings is 16. The second kappa shape index (κ2) is 26.2. The van der Waals surface area contributed by atoms with E-state index in [4.69, 9.17) is 29.4 Å². The Balaban J connectivity index is 0.000000137. The predicted molar refractivity (Wildman–Crippen MR) is 470 cm³/mol. The summed E-state index contributed by atoms with van der Waals surface area (Å²) in [7, 11) is 0. The topological polar surface area (TPSA) is 70.0 Å². The van der Waals surface area contributed by atoms with E-state index in [9.17, 15) is 0 Å². The molecule has 0 fully saturated rings. The fraction of sp³-hybridized carbons (Fsp3) is 0.0545. The summed E-state index contributed by atoms with van der Waals surface area (Å²) in [5, 5.41) is 2.57. The molecule has 0 radical (unpaired) electrons. The zero-order valence-electron chi connectivity index (χ0n) is 63.8. The van der Waals surface area contributed by atoms with Crippen LogP contribution in [-0.4, -0.2) is 19.9 Å². The first-order valence-electron chi connectivity index (χ1n) is 40.0. The van der Waals surface area contributed by atoms with Gasteiger partial charge in [0.1, 0.15) is 23.0 Å². The second-order valence-corrected chi connectivity index (χ2v) is 31.7. The van der Waals surface area contributed by atoms with Crippen molar-refractivity contribution in [3.05, 3.63) is 449 Å². The number of fused-ring (bicyclic) bond motifs is 21. The molecule has 0 amide bonds. The van der Waals surface area contributed by atoms with Gasteiger partial charge in [0.15, 0.2) is 11.6 Å². The maximum Gasteiger partial charge on any atom is 0.160 e. The molecule has 2 spiro atoms. The number of rotatable bonds is 8. The van der Waals surface area contributed by atoms with Gasteiger partial charge in [-0.2, -0.15) is 0 Å². The fourth-order valence-electron chi connectivity index (χ4n) is 19.8. The minimum absolute atomic E-state index is 0.104. The fourth-order valence-corrected chi connectivity index (χ4v) is 19.8. The molecule has 4 heterocycles. The smallest absolute Gasteiger partial charge is 0.160 e. The Morgan fingerprint density at radius 2 is 0.612 bits per heavy atom. The van der Waals surface area contributed by atoms with Crippen molar-refractivity contribution in [2.45, 2.75) is 36.5 Å². The molecule has 0 N–H and O–H groups in total. The van der Waals surface area contributed by atoms with E-state index in [1.807, 2.05) is 36.4 Å². The van der Waals surface area contributed by atoms with Crippen molar-refractivity contribution in [2.75, 3.05) is 0 Å². The average molecular weight is 1480 g/mol. The molecular formula is C110H72N4O2. The lowest BCUT2D eigenvalue weighted by Gasteiger charge is -2.39. The van der Waals surface area contributed by atoms with Crippen LogP contribution in [0.5, 0.6) is 23.0 Å². The van der Waals surface area contributed by atoms with Gasteiger partial charge in [0.2, 0.25) is 0 Å². The van der Waals surface area contributed by atoms with Crippen molar-refractivity contribution in [1.82, 2.24) is 19.9 Å². The van der Waals surface area contributed by atoms with Gasteiger partial charge in [0.05, 0.1) is 33.6 Å². The first-order chi connectivity index (χ1) is 57.2. The van der Waals surface area contributed by atoms with Crippen LogP contribution in [0.3, 0.4) is 0 Å². The van der Waals surface area contributed by atoms with Crippen LogP contribution < -0.4 is 9.47 Å². The predicted octanol–water partition coefficient (Wildman–Crippen LogP) is 27.3. The molecule has 2 aliphatic heterocycles. The summed E-state index contributed by atoms with van der Waals surface area (Å²) in [5.74, 6) is 4.97. The quantitative estimate of drug-likeness (QED) is 0.151. The molecule has 0 saturated heterocycles. The normalized spacial score (nSPS) is 14.1. The summed E-state index contributed by atoms with van der Waals surface area (Å²) in [5.41, 5.74) is 36.0. The second-order valence-electron chi connectivity index (χ2n) is 31.7. The molecule has 0 atom stereocenters. The van der Waals surface area contributed by atoms with Crippen LogP contribution in [0.15, 0.2) is 382 Å². The molecule has 24 rings (SSSR count). The Morgan fingerprint density at radius 1 is 0.241 bits per heavy atom. The van der Waals surface area contributed by atoms with Crippen molar-refractivity contribution in [2.24, 2.45) is 0 Å². The van der Waals surface area contributed by atoms with E-state index < -0.39 is 10.8 Å². The molecule has 16 aromatic carbocycles. The van der Waals surface area contributed by atoms with Gasteiger partial charge in [0.25, 0.3) is 0 Å². The molecule has 0 saturated carbocycles. The molecule has 0 unspecified atom stereocenters. The lowest BCUT2D eigenvalue weighted by atomic mass is 9.66. The number of hydrogen-bond acceptors (Lipinski definition) is 6. The average Bonchev–Trinajstić information content (AvgIpc) is 1.48. The van der Waals surface area contributed by atoms with Crippen molar-refractivity contribution < 1.29 is 9.47 Å². The third-order valence-corrected chi connectivity index (χ3v) is 25.1. The largest absolute Gasteiger partial charge is 0.457 e. The van der Waals surface area contributed by atoms with E-state index in [2.05, 4.69) is 366 Å². The lowest BCUT2D eigenvalue weighted by Crippen LogP contribution is -2.32. The van der Waals surface area contributed by atoms with Crippen LogP contribution in [0.25, 0.3) is 140 Å². The van der Waals surface area contributed by atoms with Crippen molar-refractivity contribution in [3.63, 3.8) is 0 Å². The van der Waals surface area contributed by atoms with E-state index in [0.717, 1.165) is 119 Å². The number of ether oxygens (including phenoxy) is 2. The van der Waals surface area contributed by atoms with Gasteiger partial charge in [0, 0.05) is 61.0 Å². The standard InChI is InChI=1S/C56H38N2O.C54H34N2O/c1-55(2)44-19-9-6-16-40(44)43-30-28-39(32-49(43)55)51-34-50(57-54(58-51)37-14-4-3-5-15-37)36-26-24-35(25-27-36)38-29-31-48-53(33-38)59-52-23-13-12-22-47(52)56(48)45-20-10-7-17-41(45)42-18-8-11-21-46(42)56;1-2-12-37(13-3-1)53-55-48(33-49(56-53)41-30-39-16-10-14-36-15-11-17-40(31-41)52(36)39)35-26-24-34(25-27-35)38-28-29-47-51(32-38)57-50-23-9-8-22-46(50)54(47)44-20-6-4-18-42(44)43-19-5-7-21-45(43)54/h3-34H,1-2H3;1-14,16-33H,15H2. The Kier molecular flexibility index (Phi) is 15.1. The summed E-state index contributed by atoms with van der Waals surface area (Å²) >= 11 is 0. The van der Waals surface area contributed by atoms with Crippen molar-refractivity contribution in [1.29, 1.82) is 0 Å². The summed E-state index contributed by atoms with van der Waals surface area (Å²) in [6, 6.07) is 135. The van der Waals surface area contributed by atoms with Gasteiger partial charge in [-0.15, -0.1) is 0 Å². The molecule has 0 bridgehead atoms. The number of para-hydroxylation sites is 2. The van der Waals surface area contributed by atoms with Crippen molar-refractivity contribution in [3.8, 4) is 146 Å². The van der Waals surface area contributed by atoms with E-state index >= 15 is 0 Å². The molecule has 2 aromatic heterocycles. The maximum absolute atomic E-state index is 6.80. The highest BCUT2D eigenvalue weighted by molar-refractivity contribution is 5.99. The summed E-state index contributed by atoms with van der Waals surface area (Å²) in [4.78, 5) is 20.6. The molecule has 116 heavy (non-hydrogen) atoms. The Labute approximate surface area is 673 Å². The van der Waals surface area contributed by atoms with Gasteiger partial charge in [-0.25, -0.2) is 19.9 Å². The number of aromatic nitrogens is 4. The van der Waals surface area contributed by atoms with Gasteiger partial charge in [-0.1, -0.05) is 348 Å². The zero-order valence-corrected chi connectivity index (χ0v) is 63.8. The van der Waals surface area contributed by atoms with Crippen LogP contribution in [0, 0.1) is 0 Å². The number of allylic oxidation sites excluding steroid dienone is 1. The third kappa shape index (κ3) is 10.3. The monoisotopic (exact) mass is 1480 g/mol. The highest BCUT2D eigenvalue weighted by Gasteiger charge is 2.53. The van der Waals surface area contributed by atoms with E-state index in [-0.39, 0.29) is 5.41 Å². The maximum atomic E-state index is 6.80. The van der Waals surface area contributed by atoms with Crippen LogP contribution in [-0.2, 0) is 22.7 Å². The Hall–Kier alpha value is -14.7. The zero-order chi connectivity index (χ0) is 76.8. The van der Waals surface area contributed by atoms with Crippen LogP contribution in [0.1, 0.15) is 80.6 Å². The summed E-state index contributed by atoms with van der Waals surface area (Å²) < 4.78 is 13.6. The molecule has 6 nitrogen and oxygen atoms in total. The summed E-state index contributed by atoms with van der Waals surface area (Å²) in [6.07, 6.45) is 5.46. The first-order valence-corrected chi connectivity index (χ1v) is 40.0. The van der Waals surface area contributed by atoms with Gasteiger partial charge >= 0.3 is 0 Å². The molecule has 4 aliphatic carbocycles. The number of hydrogen-bond donors (Lipinski definition) is 0. The minimum Gasteiger partial charge on any atom is -0.457 e. The minimum atomic E-state index is -0.473. The Morgan fingerprint density at radius 3 is 1.09 bits per heavy atom. The molecule has 6 aliphatic rings. The molecule has 6 heteroatoms. The summed E-state index contributed by atoms with van der Waals surface area (Å²) in [6.45, 7) is 4.64. The van der Waals surface area contributed by atoms with E-state index in [1.165, 1.54) is 99.8 Å². The van der Waals surface area contributed by atoms with E-state index in [0.29, 0.717) is 11.6 Å². The third-order valence-electron chi connectivity index (χ3n) is 25.1. The van der Waals surface area contributed by atoms with Gasteiger partial charge in [-0.05, 0) is 172 Å². The highest BCUT2D eigenvalue weighted by Crippen LogP contribution is 2.65. The van der Waals surface area contributed by atoms with Crippen LogP contribution in [0.2, 0.25) is 0 Å². The van der Waals surface area contributed by atoms with Gasteiger partial charge < -0.3 is 9.47 Å². The first kappa shape index (κ1) is 67.0. The van der Waals surface area contributed by atoms with E-state index in [1.54, 1.807) is 0 Å². The Bertz CT molecular complexity index is 7050.